The van der Waals surface area contributed by atoms with E-state index in [2.05, 4.69) is 26.0 Å². The van der Waals surface area contributed by atoms with Gasteiger partial charge < -0.3 is 10.5 Å². The molecule has 0 spiro atoms. The minimum Gasteiger partial charge on any atom is -0.465 e. The van der Waals surface area contributed by atoms with Gasteiger partial charge in [-0.2, -0.15) is 0 Å². The van der Waals surface area contributed by atoms with Gasteiger partial charge in [0.15, 0.2) is 0 Å². The fraction of sp³-hybridized carbons (Fsp3) is 0.273. The molecular weight excluding hydrogens is 395 g/mol. The van der Waals surface area contributed by atoms with Crippen LogP contribution in [0.4, 0.5) is 0 Å². The maximum absolute atomic E-state index is 12.0. The van der Waals surface area contributed by atoms with Gasteiger partial charge >= 0.3 is 5.97 Å². The molecule has 0 aliphatic rings. The van der Waals surface area contributed by atoms with Crippen molar-refractivity contribution in [2.24, 2.45) is 11.7 Å². The third kappa shape index (κ3) is 4.82. The van der Waals surface area contributed by atoms with Gasteiger partial charge in [0.25, 0.3) is 0 Å². The molecule has 150 valence electrons. The molecule has 1 heterocycles. The van der Waals surface area contributed by atoms with Gasteiger partial charge in [0.05, 0.1) is 18.2 Å². The van der Waals surface area contributed by atoms with Gasteiger partial charge in [-0.3, -0.25) is 4.98 Å². The third-order valence-corrected chi connectivity index (χ3v) is 4.46. The molecule has 6 heteroatoms. The fourth-order valence-corrected chi connectivity index (χ4v) is 3.31. The summed E-state index contributed by atoms with van der Waals surface area (Å²) in [6.07, 6.45) is 0.862. The lowest BCUT2D eigenvalue weighted by Gasteiger charge is -2.18. The monoisotopic (exact) mass is 420 g/mol. The van der Waals surface area contributed by atoms with Crippen molar-refractivity contribution in [1.29, 1.82) is 0 Å². The molecule has 2 aromatic carbocycles. The summed E-state index contributed by atoms with van der Waals surface area (Å²) in [5, 5.41) is 0.923. The standard InChI is InChI=1S/C22H24N2O2.2ClH/c1-14(2)11-20-18(13-23)21(15-7-5-4-6-8-15)17-12-16(22(25)26-3)9-10-19(17)24-20;;/h4-10,12,14H,11,13,23H2,1-3H3;2*1H. The largest absolute Gasteiger partial charge is 0.465 e. The van der Waals surface area contributed by atoms with E-state index in [0.717, 1.165) is 39.7 Å². The van der Waals surface area contributed by atoms with Crippen LogP contribution in [0.25, 0.3) is 22.0 Å². The predicted molar refractivity (Wildman–Crippen MR) is 119 cm³/mol. The molecule has 0 atom stereocenters. The van der Waals surface area contributed by atoms with Crippen LogP contribution in [0.5, 0.6) is 0 Å². The van der Waals surface area contributed by atoms with Crippen molar-refractivity contribution in [3.63, 3.8) is 0 Å². The Morgan fingerprint density at radius 3 is 2.36 bits per heavy atom. The minimum atomic E-state index is -0.355. The zero-order valence-corrected chi connectivity index (χ0v) is 17.9. The summed E-state index contributed by atoms with van der Waals surface area (Å²) >= 11 is 0. The van der Waals surface area contributed by atoms with E-state index in [1.54, 1.807) is 6.07 Å². The molecule has 0 unspecified atom stereocenters. The highest BCUT2D eigenvalue weighted by molar-refractivity contribution is 6.01. The number of fused-ring (bicyclic) bond motifs is 1. The van der Waals surface area contributed by atoms with Crippen molar-refractivity contribution in [1.82, 2.24) is 4.98 Å². The van der Waals surface area contributed by atoms with Crippen LogP contribution in [0.15, 0.2) is 48.5 Å². The van der Waals surface area contributed by atoms with Crippen LogP contribution in [-0.2, 0) is 17.7 Å². The van der Waals surface area contributed by atoms with E-state index in [9.17, 15) is 4.79 Å². The van der Waals surface area contributed by atoms with Gasteiger partial charge in [-0.05, 0) is 47.2 Å². The zero-order chi connectivity index (χ0) is 18.7. The molecule has 0 bridgehead atoms. The quantitative estimate of drug-likeness (QED) is 0.576. The Balaban J connectivity index is 0.00000196. The number of hydrogen-bond donors (Lipinski definition) is 1. The second-order valence-corrected chi connectivity index (χ2v) is 6.80. The predicted octanol–water partition coefficient (Wildman–Crippen LogP) is 5.19. The van der Waals surface area contributed by atoms with Crippen LogP contribution in [0.1, 0.15) is 35.5 Å². The maximum atomic E-state index is 12.0. The Hall–Kier alpha value is -2.14. The van der Waals surface area contributed by atoms with Crippen molar-refractivity contribution in [3.05, 3.63) is 65.4 Å². The molecule has 3 rings (SSSR count). The van der Waals surface area contributed by atoms with Crippen molar-refractivity contribution in [2.75, 3.05) is 7.11 Å². The van der Waals surface area contributed by atoms with Crippen molar-refractivity contribution in [3.8, 4) is 11.1 Å². The van der Waals surface area contributed by atoms with Crippen LogP contribution in [-0.4, -0.2) is 18.1 Å². The summed E-state index contributed by atoms with van der Waals surface area (Å²) in [7, 11) is 1.39. The number of methoxy groups -OCH3 is 1. The van der Waals surface area contributed by atoms with Crippen LogP contribution < -0.4 is 5.73 Å². The summed E-state index contributed by atoms with van der Waals surface area (Å²) in [4.78, 5) is 16.9. The number of esters is 1. The van der Waals surface area contributed by atoms with Crippen molar-refractivity contribution in [2.45, 2.75) is 26.8 Å². The SMILES string of the molecule is COC(=O)c1ccc2nc(CC(C)C)c(CN)c(-c3ccccc3)c2c1.Cl.Cl. The lowest BCUT2D eigenvalue weighted by Crippen LogP contribution is -2.10. The lowest BCUT2D eigenvalue weighted by atomic mass is 9.91. The number of rotatable bonds is 5. The first-order valence-electron chi connectivity index (χ1n) is 8.84. The van der Waals surface area contributed by atoms with E-state index in [0.29, 0.717) is 18.0 Å². The van der Waals surface area contributed by atoms with Gasteiger partial charge in [0.1, 0.15) is 0 Å². The molecule has 3 aromatic rings. The molecule has 0 amide bonds. The van der Waals surface area contributed by atoms with E-state index < -0.39 is 0 Å². The number of benzene rings is 2. The highest BCUT2D eigenvalue weighted by Crippen LogP contribution is 2.34. The van der Waals surface area contributed by atoms with Crippen molar-refractivity contribution < 1.29 is 9.53 Å². The summed E-state index contributed by atoms with van der Waals surface area (Å²) in [6, 6.07) is 15.6. The number of halogens is 2. The second kappa shape index (κ2) is 10.4. The normalized spacial score (nSPS) is 10.3. The van der Waals surface area contributed by atoms with Crippen molar-refractivity contribution >= 4 is 41.7 Å². The molecule has 0 aliphatic carbocycles. The Labute approximate surface area is 178 Å². The number of nitrogens with zero attached hydrogens (tertiary/aromatic N) is 1. The first-order valence-corrected chi connectivity index (χ1v) is 8.84. The van der Waals surface area contributed by atoms with Gasteiger partial charge in [-0.15, -0.1) is 24.8 Å². The molecule has 0 saturated heterocycles. The average molecular weight is 421 g/mol. The zero-order valence-electron chi connectivity index (χ0n) is 16.3. The number of nitrogens with two attached hydrogens (primary N) is 1. The first kappa shape index (κ1) is 23.9. The van der Waals surface area contributed by atoms with Gasteiger partial charge in [0, 0.05) is 17.6 Å². The number of aromatic nitrogens is 1. The highest BCUT2D eigenvalue weighted by atomic mass is 35.5. The Morgan fingerprint density at radius 1 is 1.11 bits per heavy atom. The minimum absolute atomic E-state index is 0. The molecule has 4 nitrogen and oxygen atoms in total. The third-order valence-electron chi connectivity index (χ3n) is 4.46. The molecule has 1 aromatic heterocycles. The van der Waals surface area contributed by atoms with Crippen LogP contribution >= 0.6 is 24.8 Å². The fourth-order valence-electron chi connectivity index (χ4n) is 3.31. The summed E-state index contributed by atoms with van der Waals surface area (Å²) in [5.74, 6) is 0.120. The van der Waals surface area contributed by atoms with E-state index in [-0.39, 0.29) is 30.8 Å². The summed E-state index contributed by atoms with van der Waals surface area (Å²) < 4.78 is 4.88. The Bertz CT molecular complexity index is 944. The summed E-state index contributed by atoms with van der Waals surface area (Å²) in [5.41, 5.74) is 11.7. The Kier molecular flexibility index (Phi) is 8.89. The first-order chi connectivity index (χ1) is 12.5. The van der Waals surface area contributed by atoms with Crippen LogP contribution in [0.3, 0.4) is 0 Å². The molecule has 0 fully saturated rings. The lowest BCUT2D eigenvalue weighted by molar-refractivity contribution is 0.0601. The topological polar surface area (TPSA) is 65.2 Å². The van der Waals surface area contributed by atoms with E-state index in [1.165, 1.54) is 7.11 Å². The number of pyridine rings is 1. The smallest absolute Gasteiger partial charge is 0.337 e. The Morgan fingerprint density at radius 2 is 1.79 bits per heavy atom. The molecular formula is C22H26Cl2N2O2. The van der Waals surface area contributed by atoms with E-state index in [4.69, 9.17) is 15.5 Å². The number of ether oxygens (including phenoxy) is 1. The average Bonchev–Trinajstić information content (AvgIpc) is 2.66. The molecule has 0 saturated carbocycles. The van der Waals surface area contributed by atoms with Crippen LogP contribution in [0, 0.1) is 5.92 Å². The summed E-state index contributed by atoms with van der Waals surface area (Å²) in [6.45, 7) is 4.75. The maximum Gasteiger partial charge on any atom is 0.337 e. The van der Waals surface area contributed by atoms with Crippen LogP contribution in [0.2, 0.25) is 0 Å². The van der Waals surface area contributed by atoms with Gasteiger partial charge in [0.2, 0.25) is 0 Å². The molecule has 28 heavy (non-hydrogen) atoms. The molecule has 0 aliphatic heterocycles. The van der Waals surface area contributed by atoms with Gasteiger partial charge in [-0.25, -0.2) is 4.79 Å². The molecule has 2 N–H and O–H groups in total. The van der Waals surface area contributed by atoms with E-state index in [1.807, 2.05) is 30.3 Å². The number of carbonyl (C=O) groups is 1. The number of carbonyl (C=O) groups excluding carboxylic acids is 1. The van der Waals surface area contributed by atoms with E-state index >= 15 is 0 Å². The highest BCUT2D eigenvalue weighted by Gasteiger charge is 2.18. The second-order valence-electron chi connectivity index (χ2n) is 6.80. The van der Waals surface area contributed by atoms with Gasteiger partial charge in [-0.1, -0.05) is 44.2 Å². The molecule has 0 radical (unpaired) electrons. The number of hydrogen-bond acceptors (Lipinski definition) is 4.